The first-order valence-electron chi connectivity index (χ1n) is 10.5. The average molecular weight is 478 g/mol. The Bertz CT molecular complexity index is 1120. The van der Waals surface area contributed by atoms with Gasteiger partial charge in [0, 0.05) is 12.7 Å². The number of hydrogen-bond donors (Lipinski definition) is 1. The summed E-state index contributed by atoms with van der Waals surface area (Å²) in [5, 5.41) is 6.97. The number of morpholine rings is 1. The molecule has 2 aromatic carbocycles. The van der Waals surface area contributed by atoms with Crippen molar-refractivity contribution in [1.29, 1.82) is 0 Å². The predicted octanol–water partition coefficient (Wildman–Crippen LogP) is 4.40. The minimum absolute atomic E-state index is 0.000687. The van der Waals surface area contributed by atoms with Crippen molar-refractivity contribution in [1.82, 2.24) is 14.7 Å². The molecule has 1 aliphatic rings. The second-order valence-corrected chi connectivity index (χ2v) is 7.76. The first-order chi connectivity index (χ1) is 16.3. The quantitative estimate of drug-likeness (QED) is 0.534. The van der Waals surface area contributed by atoms with Crippen molar-refractivity contribution in [2.24, 2.45) is 0 Å². The summed E-state index contributed by atoms with van der Waals surface area (Å²) in [5.41, 5.74) is 0.560. The van der Waals surface area contributed by atoms with Gasteiger partial charge in [0.05, 0.1) is 37.1 Å². The van der Waals surface area contributed by atoms with E-state index in [0.29, 0.717) is 18.8 Å². The highest BCUT2D eigenvalue weighted by Crippen LogP contribution is 2.31. The molecule has 1 aromatic heterocycles. The van der Waals surface area contributed by atoms with Crippen LogP contribution in [0.1, 0.15) is 11.1 Å². The number of amides is 2. The molecule has 2 amide bonds. The van der Waals surface area contributed by atoms with Crippen molar-refractivity contribution in [2.45, 2.75) is 18.8 Å². The fourth-order valence-corrected chi connectivity index (χ4v) is 3.45. The number of ether oxygens (including phenoxy) is 2. The van der Waals surface area contributed by atoms with E-state index in [4.69, 9.17) is 9.47 Å². The second kappa shape index (κ2) is 10.1. The van der Waals surface area contributed by atoms with E-state index < -0.39 is 17.8 Å². The van der Waals surface area contributed by atoms with Crippen LogP contribution in [-0.4, -0.2) is 53.1 Å². The van der Waals surface area contributed by atoms with Crippen LogP contribution in [0.3, 0.4) is 0 Å². The normalized spacial score (nSPS) is 16.4. The number of anilines is 1. The van der Waals surface area contributed by atoms with E-state index in [1.165, 1.54) is 30.5 Å². The van der Waals surface area contributed by atoms with Crippen LogP contribution >= 0.6 is 0 Å². The maximum absolute atomic E-state index is 13.0. The highest BCUT2D eigenvalue weighted by atomic mass is 19.4. The molecule has 0 spiro atoms. The number of carbonyl (C=O) groups excluding carboxylic acids is 1. The third-order valence-corrected chi connectivity index (χ3v) is 5.17. The monoisotopic (exact) mass is 478 g/mol. The van der Waals surface area contributed by atoms with Gasteiger partial charge in [-0.15, -0.1) is 0 Å². The molecule has 0 radical (unpaired) electrons. The number of nitrogens with one attached hydrogen (secondary N) is 1. The Morgan fingerprint density at radius 3 is 2.76 bits per heavy atom. The van der Waals surface area contributed by atoms with Crippen LogP contribution in [0.2, 0.25) is 0 Å². The topological polar surface area (TPSA) is 68.6 Å². The zero-order valence-corrected chi connectivity index (χ0v) is 18.0. The molecule has 0 saturated carbocycles. The number of rotatable bonds is 6. The van der Waals surface area contributed by atoms with Crippen molar-refractivity contribution < 1.29 is 31.8 Å². The van der Waals surface area contributed by atoms with Gasteiger partial charge in [0.25, 0.3) is 0 Å². The maximum atomic E-state index is 13.0. The number of halogens is 4. The van der Waals surface area contributed by atoms with E-state index in [-0.39, 0.29) is 37.4 Å². The van der Waals surface area contributed by atoms with Crippen LogP contribution in [0.4, 0.5) is 28.0 Å². The van der Waals surface area contributed by atoms with Gasteiger partial charge in [-0.2, -0.15) is 18.3 Å². The summed E-state index contributed by atoms with van der Waals surface area (Å²) < 4.78 is 64.3. The molecule has 1 atom stereocenters. The van der Waals surface area contributed by atoms with E-state index >= 15 is 0 Å². The van der Waals surface area contributed by atoms with Crippen LogP contribution in [0, 0.1) is 5.82 Å². The Morgan fingerprint density at radius 1 is 1.21 bits per heavy atom. The maximum Gasteiger partial charge on any atom is 0.416 e. The summed E-state index contributed by atoms with van der Waals surface area (Å²) >= 11 is 0. The van der Waals surface area contributed by atoms with E-state index in [1.807, 2.05) is 0 Å². The zero-order chi connectivity index (χ0) is 24.1. The molecule has 34 heavy (non-hydrogen) atoms. The highest BCUT2D eigenvalue weighted by Gasteiger charge is 2.31. The van der Waals surface area contributed by atoms with Crippen molar-refractivity contribution >= 4 is 11.7 Å². The van der Waals surface area contributed by atoms with Crippen LogP contribution in [0.15, 0.2) is 60.9 Å². The predicted molar refractivity (Wildman–Crippen MR) is 115 cm³/mol. The third-order valence-electron chi connectivity index (χ3n) is 5.17. The number of carbonyl (C=O) groups is 1. The number of nitrogens with zero attached hydrogens (tertiary/aromatic N) is 3. The molecule has 0 bridgehead atoms. The Kier molecular flexibility index (Phi) is 7.01. The number of alkyl halides is 3. The molecule has 1 aliphatic heterocycles. The third kappa shape index (κ3) is 6.25. The molecule has 1 saturated heterocycles. The molecule has 3 aromatic rings. The molecule has 7 nitrogen and oxygen atoms in total. The van der Waals surface area contributed by atoms with Gasteiger partial charge >= 0.3 is 12.2 Å². The summed E-state index contributed by atoms with van der Waals surface area (Å²) in [5.74, 6) is -0.241. The molecule has 1 N–H and O–H groups in total. The van der Waals surface area contributed by atoms with Gasteiger partial charge in [-0.05, 0) is 35.9 Å². The molecule has 11 heteroatoms. The highest BCUT2D eigenvalue weighted by molar-refractivity contribution is 5.89. The number of aromatic nitrogens is 2. The van der Waals surface area contributed by atoms with Gasteiger partial charge in [-0.3, -0.25) is 4.68 Å². The summed E-state index contributed by atoms with van der Waals surface area (Å²) in [4.78, 5) is 14.2. The SMILES string of the molecule is O=C(Nc1cnn(Cc2ccc(F)cc2)c1)N1CCOC(COc2cccc(C(F)(F)F)c2)C1. The van der Waals surface area contributed by atoms with Crippen molar-refractivity contribution in [2.75, 3.05) is 31.6 Å². The zero-order valence-electron chi connectivity index (χ0n) is 18.0. The van der Waals surface area contributed by atoms with E-state index in [9.17, 15) is 22.4 Å². The Morgan fingerprint density at radius 2 is 2.00 bits per heavy atom. The molecule has 180 valence electrons. The summed E-state index contributed by atoms with van der Waals surface area (Å²) in [6.07, 6.45) is -1.77. The smallest absolute Gasteiger partial charge is 0.416 e. The summed E-state index contributed by atoms with van der Waals surface area (Å²) in [6, 6.07) is 10.3. The van der Waals surface area contributed by atoms with Gasteiger partial charge in [0.1, 0.15) is 24.3 Å². The van der Waals surface area contributed by atoms with Crippen LogP contribution in [0.25, 0.3) is 0 Å². The molecule has 0 aliphatic carbocycles. The average Bonchev–Trinajstić information content (AvgIpc) is 3.25. The van der Waals surface area contributed by atoms with E-state index in [0.717, 1.165) is 17.7 Å². The fraction of sp³-hybridized carbons (Fsp3) is 0.304. The Hall–Kier alpha value is -3.60. The molecular weight excluding hydrogens is 456 g/mol. The van der Waals surface area contributed by atoms with Gasteiger partial charge < -0.3 is 19.7 Å². The van der Waals surface area contributed by atoms with E-state index in [1.54, 1.807) is 27.9 Å². The fourth-order valence-electron chi connectivity index (χ4n) is 3.45. The number of hydrogen-bond acceptors (Lipinski definition) is 4. The van der Waals surface area contributed by atoms with Gasteiger partial charge in [0.15, 0.2) is 0 Å². The largest absolute Gasteiger partial charge is 0.491 e. The van der Waals surface area contributed by atoms with Crippen molar-refractivity contribution in [3.8, 4) is 5.75 Å². The summed E-state index contributed by atoms with van der Waals surface area (Å²) in [7, 11) is 0. The lowest BCUT2D eigenvalue weighted by Crippen LogP contribution is -2.49. The lowest BCUT2D eigenvalue weighted by Gasteiger charge is -2.32. The lowest BCUT2D eigenvalue weighted by molar-refractivity contribution is -0.137. The van der Waals surface area contributed by atoms with Crippen LogP contribution in [-0.2, 0) is 17.5 Å². The van der Waals surface area contributed by atoms with E-state index in [2.05, 4.69) is 10.4 Å². The molecule has 1 unspecified atom stereocenters. The number of benzene rings is 2. The van der Waals surface area contributed by atoms with Gasteiger partial charge in [-0.25, -0.2) is 9.18 Å². The minimum atomic E-state index is -4.46. The van der Waals surface area contributed by atoms with Gasteiger partial charge in [-0.1, -0.05) is 18.2 Å². The molecular formula is C23H22F4N4O3. The van der Waals surface area contributed by atoms with Crippen LogP contribution in [0.5, 0.6) is 5.75 Å². The first kappa shape index (κ1) is 23.6. The summed E-state index contributed by atoms with van der Waals surface area (Å²) in [6.45, 7) is 1.27. The van der Waals surface area contributed by atoms with Crippen LogP contribution < -0.4 is 10.1 Å². The van der Waals surface area contributed by atoms with Crippen molar-refractivity contribution in [3.05, 3.63) is 77.9 Å². The Balaban J connectivity index is 1.28. The minimum Gasteiger partial charge on any atom is -0.491 e. The molecule has 2 heterocycles. The van der Waals surface area contributed by atoms with Crippen molar-refractivity contribution in [3.63, 3.8) is 0 Å². The Labute approximate surface area is 192 Å². The molecule has 4 rings (SSSR count). The standard InChI is InChI=1S/C23H22F4N4O3/c24-18-6-4-16(5-7-18)12-31-13-19(11-28-31)29-22(32)30-8-9-33-21(14-30)15-34-20-3-1-2-17(10-20)23(25,26)27/h1-7,10-11,13,21H,8-9,12,14-15H2,(H,29,32). The molecule has 1 fully saturated rings. The first-order valence-corrected chi connectivity index (χ1v) is 10.5. The second-order valence-electron chi connectivity index (χ2n) is 7.76. The number of urea groups is 1. The lowest BCUT2D eigenvalue weighted by atomic mass is 10.2. The van der Waals surface area contributed by atoms with Gasteiger partial charge in [0.2, 0.25) is 0 Å².